The van der Waals surface area contributed by atoms with E-state index in [2.05, 4.69) is 37.4 Å². The molecule has 0 aliphatic carbocycles. The summed E-state index contributed by atoms with van der Waals surface area (Å²) in [5.41, 5.74) is 4.62. The fraction of sp³-hybridized carbons (Fsp3) is 0.455. The molecule has 138 valence electrons. The van der Waals surface area contributed by atoms with Gasteiger partial charge in [0.05, 0.1) is 24.9 Å². The summed E-state index contributed by atoms with van der Waals surface area (Å²) in [6.45, 7) is 4.43. The van der Waals surface area contributed by atoms with Crippen molar-refractivity contribution in [3.63, 3.8) is 0 Å². The molecule has 0 aromatic heterocycles. The number of rotatable bonds is 3. The van der Waals surface area contributed by atoms with Crippen LogP contribution >= 0.6 is 0 Å². The first-order chi connectivity index (χ1) is 12.6. The zero-order valence-electron chi connectivity index (χ0n) is 15.3. The van der Waals surface area contributed by atoms with Crippen LogP contribution < -0.4 is 5.32 Å². The van der Waals surface area contributed by atoms with Crippen LogP contribution in [0.4, 0.5) is 10.1 Å². The molecule has 2 aromatic carbocycles. The quantitative estimate of drug-likeness (QED) is 0.819. The minimum absolute atomic E-state index is 0.0501. The van der Waals surface area contributed by atoms with Crippen LogP contribution in [0.2, 0.25) is 0 Å². The van der Waals surface area contributed by atoms with E-state index in [1.54, 1.807) is 0 Å². The smallest absolute Gasteiger partial charge is 0.123 e. The van der Waals surface area contributed by atoms with Gasteiger partial charge in [-0.3, -0.25) is 0 Å². The lowest BCUT2D eigenvalue weighted by molar-refractivity contribution is -0.110. The number of nitrogens with one attached hydrogen (secondary N) is 1. The Morgan fingerprint density at radius 1 is 1.15 bits per heavy atom. The van der Waals surface area contributed by atoms with Gasteiger partial charge in [0.2, 0.25) is 0 Å². The van der Waals surface area contributed by atoms with Gasteiger partial charge in [-0.1, -0.05) is 38.1 Å². The molecule has 1 saturated heterocycles. The second-order valence-corrected chi connectivity index (χ2v) is 7.78. The maximum Gasteiger partial charge on any atom is 0.123 e. The first-order valence-electron chi connectivity index (χ1n) is 9.49. The summed E-state index contributed by atoms with van der Waals surface area (Å²) in [4.78, 5) is 0. The normalized spacial score (nSPS) is 27.6. The summed E-state index contributed by atoms with van der Waals surface area (Å²) >= 11 is 0. The summed E-state index contributed by atoms with van der Waals surface area (Å²) in [5.74, 6) is 0.493. The molecular formula is C22H26FNO2. The standard InChI is InChI=1S/C22H26FNO2/c1-13(2)15-5-10-20-19(11-15)22-18(9-8-17(12-25)26-22)21(24-20)14-3-6-16(23)7-4-14/h3-7,10-11,13,17-18,21-22,24-25H,8-9,12H2,1-2H3/t17-,18+,21+,22+/m0/s1. The highest BCUT2D eigenvalue weighted by Gasteiger charge is 2.42. The Hall–Kier alpha value is -1.91. The van der Waals surface area contributed by atoms with E-state index in [1.165, 1.54) is 23.3 Å². The molecule has 0 radical (unpaired) electrons. The van der Waals surface area contributed by atoms with Crippen molar-refractivity contribution in [1.29, 1.82) is 0 Å². The molecule has 2 N–H and O–H groups in total. The van der Waals surface area contributed by atoms with Crippen LogP contribution in [0.5, 0.6) is 0 Å². The number of hydrogen-bond donors (Lipinski definition) is 2. The summed E-state index contributed by atoms with van der Waals surface area (Å²) in [7, 11) is 0. The molecule has 2 aromatic rings. The van der Waals surface area contributed by atoms with Gasteiger partial charge in [0.1, 0.15) is 5.82 Å². The summed E-state index contributed by atoms with van der Waals surface area (Å²) in [6, 6.07) is 13.4. The zero-order chi connectivity index (χ0) is 18.3. The van der Waals surface area contributed by atoms with Gasteiger partial charge in [0.25, 0.3) is 0 Å². The maximum absolute atomic E-state index is 13.4. The van der Waals surface area contributed by atoms with Gasteiger partial charge in [-0.05, 0) is 48.1 Å². The number of aliphatic hydroxyl groups is 1. The lowest BCUT2D eigenvalue weighted by atomic mass is 9.76. The third-order valence-corrected chi connectivity index (χ3v) is 5.77. The van der Waals surface area contributed by atoms with E-state index in [0.717, 1.165) is 24.1 Å². The SMILES string of the molecule is CC(C)c1ccc2c(c1)[C@@H]1O[C@H](CO)CC[C@@H]1[C@@H](c1ccc(F)cc1)N2. The van der Waals surface area contributed by atoms with Crippen molar-refractivity contribution in [2.45, 2.75) is 50.9 Å². The second kappa shape index (κ2) is 7.01. The fourth-order valence-corrected chi connectivity index (χ4v) is 4.27. The molecule has 2 aliphatic heterocycles. The molecule has 2 aliphatic rings. The zero-order valence-corrected chi connectivity index (χ0v) is 15.3. The Bertz CT molecular complexity index is 774. The molecule has 3 nitrogen and oxygen atoms in total. The fourth-order valence-electron chi connectivity index (χ4n) is 4.27. The Balaban J connectivity index is 1.75. The van der Waals surface area contributed by atoms with Crippen LogP contribution in [-0.2, 0) is 4.74 Å². The van der Waals surface area contributed by atoms with Crippen molar-refractivity contribution in [2.24, 2.45) is 5.92 Å². The molecule has 4 atom stereocenters. The number of hydrogen-bond acceptors (Lipinski definition) is 3. The average Bonchev–Trinajstić information content (AvgIpc) is 2.67. The van der Waals surface area contributed by atoms with Crippen LogP contribution in [0.25, 0.3) is 0 Å². The van der Waals surface area contributed by atoms with E-state index < -0.39 is 0 Å². The van der Waals surface area contributed by atoms with Crippen molar-refractivity contribution in [3.8, 4) is 0 Å². The predicted molar refractivity (Wildman–Crippen MR) is 101 cm³/mol. The van der Waals surface area contributed by atoms with Crippen molar-refractivity contribution in [2.75, 3.05) is 11.9 Å². The third-order valence-electron chi connectivity index (χ3n) is 5.77. The van der Waals surface area contributed by atoms with E-state index >= 15 is 0 Å². The molecule has 0 saturated carbocycles. The molecular weight excluding hydrogens is 329 g/mol. The minimum atomic E-state index is -0.219. The topological polar surface area (TPSA) is 41.5 Å². The van der Waals surface area contributed by atoms with E-state index in [9.17, 15) is 9.50 Å². The van der Waals surface area contributed by atoms with Gasteiger partial charge in [0, 0.05) is 17.2 Å². The summed E-state index contributed by atoms with van der Waals surface area (Å²) < 4.78 is 19.7. The number of halogens is 1. The van der Waals surface area contributed by atoms with E-state index in [0.29, 0.717) is 5.92 Å². The van der Waals surface area contributed by atoms with Crippen LogP contribution in [-0.4, -0.2) is 17.8 Å². The monoisotopic (exact) mass is 355 g/mol. The van der Waals surface area contributed by atoms with Gasteiger partial charge in [-0.2, -0.15) is 0 Å². The van der Waals surface area contributed by atoms with Crippen LogP contribution in [0.3, 0.4) is 0 Å². The number of fused-ring (bicyclic) bond motifs is 3. The van der Waals surface area contributed by atoms with E-state index in [-0.39, 0.29) is 36.6 Å². The first kappa shape index (κ1) is 17.5. The molecule has 2 heterocycles. The third kappa shape index (κ3) is 3.12. The van der Waals surface area contributed by atoms with Crippen molar-refractivity contribution in [1.82, 2.24) is 0 Å². The molecule has 4 rings (SSSR count). The Morgan fingerprint density at radius 2 is 1.92 bits per heavy atom. The number of benzene rings is 2. The van der Waals surface area contributed by atoms with Crippen LogP contribution in [0.15, 0.2) is 42.5 Å². The minimum Gasteiger partial charge on any atom is -0.394 e. The number of aliphatic hydroxyl groups excluding tert-OH is 1. The second-order valence-electron chi connectivity index (χ2n) is 7.78. The molecule has 0 bridgehead atoms. The molecule has 0 unspecified atom stereocenters. The number of anilines is 1. The largest absolute Gasteiger partial charge is 0.394 e. The highest BCUT2D eigenvalue weighted by atomic mass is 19.1. The highest BCUT2D eigenvalue weighted by molar-refractivity contribution is 5.58. The Morgan fingerprint density at radius 3 is 2.62 bits per heavy atom. The maximum atomic E-state index is 13.4. The highest BCUT2D eigenvalue weighted by Crippen LogP contribution is 2.50. The van der Waals surface area contributed by atoms with Crippen molar-refractivity contribution < 1.29 is 14.2 Å². The van der Waals surface area contributed by atoms with E-state index in [4.69, 9.17) is 4.74 Å². The molecule has 0 spiro atoms. The van der Waals surface area contributed by atoms with Crippen molar-refractivity contribution in [3.05, 3.63) is 65.0 Å². The van der Waals surface area contributed by atoms with Gasteiger partial charge < -0.3 is 15.2 Å². The molecule has 4 heteroatoms. The predicted octanol–water partition coefficient (Wildman–Crippen LogP) is 4.94. The van der Waals surface area contributed by atoms with Gasteiger partial charge >= 0.3 is 0 Å². The first-order valence-corrected chi connectivity index (χ1v) is 9.49. The Labute approximate surface area is 154 Å². The van der Waals surface area contributed by atoms with Crippen molar-refractivity contribution >= 4 is 5.69 Å². The lowest BCUT2D eigenvalue weighted by Gasteiger charge is -2.45. The summed E-state index contributed by atoms with van der Waals surface area (Å²) in [5, 5.41) is 13.3. The molecule has 0 amide bonds. The molecule has 1 fully saturated rings. The van der Waals surface area contributed by atoms with Gasteiger partial charge in [0.15, 0.2) is 0 Å². The summed E-state index contributed by atoms with van der Waals surface area (Å²) in [6.07, 6.45) is 1.65. The van der Waals surface area contributed by atoms with Gasteiger partial charge in [-0.25, -0.2) is 4.39 Å². The lowest BCUT2D eigenvalue weighted by Crippen LogP contribution is -2.40. The number of ether oxygens (including phenoxy) is 1. The van der Waals surface area contributed by atoms with E-state index in [1.807, 2.05) is 12.1 Å². The Kier molecular flexibility index (Phi) is 4.72. The molecule has 26 heavy (non-hydrogen) atoms. The van der Waals surface area contributed by atoms with Crippen LogP contribution in [0.1, 0.15) is 61.4 Å². The average molecular weight is 355 g/mol. The van der Waals surface area contributed by atoms with Gasteiger partial charge in [-0.15, -0.1) is 0 Å². The van der Waals surface area contributed by atoms with Crippen LogP contribution in [0, 0.1) is 11.7 Å².